The summed E-state index contributed by atoms with van der Waals surface area (Å²) in [5, 5.41) is 8.77. The second-order valence-electron chi connectivity index (χ2n) is 5.52. The van der Waals surface area contributed by atoms with Gasteiger partial charge in [-0.2, -0.15) is 0 Å². The largest absolute Gasteiger partial charge is 0.481 e. The first-order chi connectivity index (χ1) is 10.1. The minimum absolute atomic E-state index is 0.0246. The van der Waals surface area contributed by atoms with Crippen molar-refractivity contribution >= 4 is 17.6 Å². The normalized spacial score (nSPS) is 21.2. The molecular weight excluding hydrogens is 268 g/mol. The van der Waals surface area contributed by atoms with Gasteiger partial charge in [0.05, 0.1) is 5.92 Å². The number of rotatable bonds is 6. The molecule has 1 amide bonds. The van der Waals surface area contributed by atoms with E-state index in [1.165, 1.54) is 0 Å². The van der Waals surface area contributed by atoms with E-state index < -0.39 is 5.97 Å². The molecular formula is C16H22N2O3. The summed E-state index contributed by atoms with van der Waals surface area (Å²) in [7, 11) is 0. The van der Waals surface area contributed by atoms with Crippen molar-refractivity contribution in [2.75, 3.05) is 11.4 Å². The lowest BCUT2D eigenvalue weighted by Gasteiger charge is -2.27. The zero-order valence-corrected chi connectivity index (χ0v) is 12.1. The van der Waals surface area contributed by atoms with Crippen LogP contribution in [0.3, 0.4) is 0 Å². The summed E-state index contributed by atoms with van der Waals surface area (Å²) < 4.78 is 0. The molecule has 0 saturated heterocycles. The molecule has 5 heteroatoms. The van der Waals surface area contributed by atoms with Crippen LogP contribution in [0.15, 0.2) is 30.3 Å². The van der Waals surface area contributed by atoms with Gasteiger partial charge in [0.2, 0.25) is 5.91 Å². The molecule has 0 bridgehead atoms. The molecule has 1 aliphatic rings. The first-order valence-corrected chi connectivity index (χ1v) is 7.43. The van der Waals surface area contributed by atoms with E-state index in [0.29, 0.717) is 13.0 Å². The predicted octanol–water partition coefficient (Wildman–Crippen LogP) is 2.01. The van der Waals surface area contributed by atoms with Crippen LogP contribution in [0.25, 0.3) is 0 Å². The smallest absolute Gasteiger partial charge is 0.303 e. The van der Waals surface area contributed by atoms with Crippen molar-refractivity contribution in [1.82, 2.24) is 0 Å². The fourth-order valence-corrected chi connectivity index (χ4v) is 2.86. The Balaban J connectivity index is 2.11. The summed E-state index contributed by atoms with van der Waals surface area (Å²) in [4.78, 5) is 25.1. The maximum absolute atomic E-state index is 12.7. The molecule has 0 spiro atoms. The molecule has 1 aliphatic carbocycles. The topological polar surface area (TPSA) is 83.6 Å². The average molecular weight is 290 g/mol. The number of nitrogens with zero attached hydrogens (tertiary/aromatic N) is 1. The Bertz CT molecular complexity index is 490. The number of benzene rings is 1. The van der Waals surface area contributed by atoms with E-state index >= 15 is 0 Å². The third-order valence-corrected chi connectivity index (χ3v) is 3.99. The van der Waals surface area contributed by atoms with E-state index in [2.05, 4.69) is 0 Å². The Morgan fingerprint density at radius 2 is 1.95 bits per heavy atom. The number of aliphatic carboxylic acids is 1. The van der Waals surface area contributed by atoms with E-state index in [0.717, 1.165) is 24.9 Å². The van der Waals surface area contributed by atoms with Crippen LogP contribution in [0.5, 0.6) is 0 Å². The SMILES string of the molecule is NC1CCCC1C(=O)N(CCCC(=O)O)c1ccccc1. The summed E-state index contributed by atoms with van der Waals surface area (Å²) >= 11 is 0. The number of carboxylic acid groups (broad SMARTS) is 1. The molecule has 2 atom stereocenters. The van der Waals surface area contributed by atoms with Crippen LogP contribution in [0.4, 0.5) is 5.69 Å². The minimum Gasteiger partial charge on any atom is -0.481 e. The minimum atomic E-state index is -0.840. The zero-order chi connectivity index (χ0) is 15.2. The molecule has 5 nitrogen and oxygen atoms in total. The van der Waals surface area contributed by atoms with Crippen molar-refractivity contribution < 1.29 is 14.7 Å². The van der Waals surface area contributed by atoms with Crippen molar-refractivity contribution in [2.45, 2.75) is 38.1 Å². The van der Waals surface area contributed by atoms with Crippen LogP contribution in [0.2, 0.25) is 0 Å². The van der Waals surface area contributed by atoms with Crippen LogP contribution >= 0.6 is 0 Å². The van der Waals surface area contributed by atoms with Crippen LogP contribution in [-0.4, -0.2) is 29.6 Å². The highest BCUT2D eigenvalue weighted by Crippen LogP contribution is 2.28. The van der Waals surface area contributed by atoms with E-state index in [1.54, 1.807) is 4.90 Å². The summed E-state index contributed by atoms with van der Waals surface area (Å²) in [6.07, 6.45) is 3.19. The Morgan fingerprint density at radius 3 is 2.52 bits per heavy atom. The maximum Gasteiger partial charge on any atom is 0.303 e. The van der Waals surface area contributed by atoms with Gasteiger partial charge in [-0.25, -0.2) is 0 Å². The molecule has 1 aromatic carbocycles. The van der Waals surface area contributed by atoms with Crippen molar-refractivity contribution in [1.29, 1.82) is 0 Å². The lowest BCUT2D eigenvalue weighted by molar-refractivity contribution is -0.137. The second kappa shape index (κ2) is 7.22. The number of para-hydroxylation sites is 1. The molecule has 0 aliphatic heterocycles. The third kappa shape index (κ3) is 4.04. The number of hydrogen-bond donors (Lipinski definition) is 2. The van der Waals surface area contributed by atoms with Gasteiger partial charge in [-0.15, -0.1) is 0 Å². The van der Waals surface area contributed by atoms with Crippen LogP contribution in [0.1, 0.15) is 32.1 Å². The molecule has 0 heterocycles. The molecule has 0 radical (unpaired) electrons. The average Bonchev–Trinajstić information content (AvgIpc) is 2.90. The third-order valence-electron chi connectivity index (χ3n) is 3.99. The number of carbonyl (C=O) groups excluding carboxylic acids is 1. The van der Waals surface area contributed by atoms with Crippen molar-refractivity contribution in [3.05, 3.63) is 30.3 Å². The molecule has 2 unspecified atom stereocenters. The summed E-state index contributed by atoms with van der Waals surface area (Å²) in [5.41, 5.74) is 6.84. The van der Waals surface area contributed by atoms with E-state index in [4.69, 9.17) is 10.8 Å². The molecule has 1 fully saturated rings. The molecule has 2 rings (SSSR count). The lowest BCUT2D eigenvalue weighted by atomic mass is 10.0. The Kier molecular flexibility index (Phi) is 5.33. The summed E-state index contributed by atoms with van der Waals surface area (Å²) in [5.74, 6) is -0.959. The first kappa shape index (κ1) is 15.5. The number of amides is 1. The van der Waals surface area contributed by atoms with Gasteiger partial charge in [0.1, 0.15) is 0 Å². The van der Waals surface area contributed by atoms with Gasteiger partial charge in [-0.05, 0) is 31.4 Å². The lowest BCUT2D eigenvalue weighted by Crippen LogP contribution is -2.42. The standard InChI is InChI=1S/C16H22N2O3/c17-14-9-4-8-13(14)16(21)18(11-5-10-15(19)20)12-6-2-1-3-7-12/h1-3,6-7,13-14H,4-5,8-11,17H2,(H,19,20). The number of nitrogens with two attached hydrogens (primary N) is 1. The van der Waals surface area contributed by atoms with Crippen LogP contribution < -0.4 is 10.6 Å². The van der Waals surface area contributed by atoms with Crippen molar-refractivity contribution in [2.24, 2.45) is 11.7 Å². The van der Waals surface area contributed by atoms with E-state index in [9.17, 15) is 9.59 Å². The molecule has 3 N–H and O–H groups in total. The molecule has 21 heavy (non-hydrogen) atoms. The first-order valence-electron chi connectivity index (χ1n) is 7.43. The Hall–Kier alpha value is -1.88. The quantitative estimate of drug-likeness (QED) is 0.839. The molecule has 1 saturated carbocycles. The number of anilines is 1. The van der Waals surface area contributed by atoms with Gasteiger partial charge < -0.3 is 15.7 Å². The van der Waals surface area contributed by atoms with Gasteiger partial charge in [0.25, 0.3) is 0 Å². The summed E-state index contributed by atoms with van der Waals surface area (Å²) in [6, 6.07) is 9.31. The van der Waals surface area contributed by atoms with Gasteiger partial charge in [-0.1, -0.05) is 24.6 Å². The van der Waals surface area contributed by atoms with E-state index in [-0.39, 0.29) is 24.3 Å². The highest BCUT2D eigenvalue weighted by atomic mass is 16.4. The van der Waals surface area contributed by atoms with Crippen LogP contribution in [-0.2, 0) is 9.59 Å². The highest BCUT2D eigenvalue weighted by Gasteiger charge is 2.33. The monoisotopic (exact) mass is 290 g/mol. The fraction of sp³-hybridized carbons (Fsp3) is 0.500. The van der Waals surface area contributed by atoms with Crippen molar-refractivity contribution in [3.63, 3.8) is 0 Å². The maximum atomic E-state index is 12.7. The summed E-state index contributed by atoms with van der Waals surface area (Å²) in [6.45, 7) is 0.415. The van der Waals surface area contributed by atoms with Crippen molar-refractivity contribution in [3.8, 4) is 0 Å². The fourth-order valence-electron chi connectivity index (χ4n) is 2.86. The molecule has 0 aromatic heterocycles. The second-order valence-corrected chi connectivity index (χ2v) is 5.52. The van der Waals surface area contributed by atoms with Gasteiger partial charge in [-0.3, -0.25) is 9.59 Å². The Labute approximate surface area is 124 Å². The molecule has 114 valence electrons. The van der Waals surface area contributed by atoms with Gasteiger partial charge in [0, 0.05) is 24.7 Å². The van der Waals surface area contributed by atoms with Gasteiger partial charge in [0.15, 0.2) is 0 Å². The zero-order valence-electron chi connectivity index (χ0n) is 12.1. The predicted molar refractivity (Wildman–Crippen MR) is 81.0 cm³/mol. The Morgan fingerprint density at radius 1 is 1.24 bits per heavy atom. The van der Waals surface area contributed by atoms with Crippen LogP contribution in [0, 0.1) is 5.92 Å². The number of carbonyl (C=O) groups is 2. The van der Waals surface area contributed by atoms with Gasteiger partial charge >= 0.3 is 5.97 Å². The highest BCUT2D eigenvalue weighted by molar-refractivity contribution is 5.95. The van der Waals surface area contributed by atoms with E-state index in [1.807, 2.05) is 30.3 Å². The number of hydrogen-bond acceptors (Lipinski definition) is 3. The number of carboxylic acids is 1. The molecule has 1 aromatic rings.